The van der Waals surface area contributed by atoms with E-state index in [1.165, 1.54) is 37.4 Å². The van der Waals surface area contributed by atoms with Crippen LogP contribution in [0.15, 0.2) is 35.5 Å². The zero-order valence-electron chi connectivity index (χ0n) is 16.3. The number of aromatic nitrogens is 4. The summed E-state index contributed by atoms with van der Waals surface area (Å²) in [5.41, 5.74) is 1.15. The third-order valence-electron chi connectivity index (χ3n) is 3.24. The number of thioether (sulfide) groups is 2. The van der Waals surface area contributed by atoms with E-state index < -0.39 is 0 Å². The Morgan fingerprint density at radius 3 is 2.48 bits per heavy atom. The van der Waals surface area contributed by atoms with E-state index in [1.807, 2.05) is 0 Å². The molecular weight excluding hydrogens is 414 g/mol. The van der Waals surface area contributed by atoms with Crippen LogP contribution in [0.1, 0.15) is 13.8 Å². The van der Waals surface area contributed by atoms with Crippen molar-refractivity contribution >= 4 is 52.5 Å². The molecule has 0 aliphatic rings. The summed E-state index contributed by atoms with van der Waals surface area (Å²) < 4.78 is 12.3. The molecule has 2 heterocycles. The van der Waals surface area contributed by atoms with E-state index in [-0.39, 0.29) is 37.8 Å². The van der Waals surface area contributed by atoms with Crippen LogP contribution in [-0.4, -0.2) is 56.1 Å². The van der Waals surface area contributed by atoms with Crippen molar-refractivity contribution in [2.75, 3.05) is 30.0 Å². The van der Waals surface area contributed by atoms with E-state index in [1.54, 1.807) is 16.7 Å². The molecule has 0 atom stereocenters. The van der Waals surface area contributed by atoms with Gasteiger partial charge in [-0.2, -0.15) is 4.98 Å². The molecule has 0 aliphatic carbocycles. The zero-order chi connectivity index (χ0) is 21.2. The van der Waals surface area contributed by atoms with Crippen LogP contribution in [0.25, 0.3) is 11.2 Å². The minimum atomic E-state index is -0.361. The van der Waals surface area contributed by atoms with E-state index in [4.69, 9.17) is 9.47 Å². The van der Waals surface area contributed by atoms with Gasteiger partial charge in [0.25, 0.3) is 0 Å². The van der Waals surface area contributed by atoms with E-state index in [0.717, 1.165) is 0 Å². The van der Waals surface area contributed by atoms with E-state index >= 15 is 0 Å². The second-order valence-electron chi connectivity index (χ2n) is 5.60. The largest absolute Gasteiger partial charge is 0.463 e. The molecule has 0 radical (unpaired) electrons. The molecule has 0 bridgehead atoms. The second-order valence-corrected chi connectivity index (χ2v) is 7.60. The number of rotatable bonds is 12. The molecular formula is C18H23N5O4S2. The van der Waals surface area contributed by atoms with Crippen molar-refractivity contribution < 1.29 is 19.1 Å². The lowest BCUT2D eigenvalue weighted by Crippen LogP contribution is -2.13. The van der Waals surface area contributed by atoms with Crippen molar-refractivity contribution in [1.82, 2.24) is 19.5 Å². The SMILES string of the molecule is C=CCSc1nc(NC(C)=O)nc2c1nc(SCC=C)n2COCCOC(C)=O. The van der Waals surface area contributed by atoms with Gasteiger partial charge in [0.2, 0.25) is 11.9 Å². The van der Waals surface area contributed by atoms with Gasteiger partial charge in [0.1, 0.15) is 23.9 Å². The topological polar surface area (TPSA) is 108 Å². The van der Waals surface area contributed by atoms with E-state index in [0.29, 0.717) is 32.9 Å². The Kier molecular flexibility index (Phi) is 9.16. The Bertz CT molecular complexity index is 900. The number of carbonyl (C=O) groups excluding carboxylic acids is 2. The molecule has 1 amide bonds. The first-order valence-corrected chi connectivity index (χ1v) is 10.7. The molecule has 156 valence electrons. The quantitative estimate of drug-likeness (QED) is 0.176. The zero-order valence-corrected chi connectivity index (χ0v) is 18.0. The average Bonchev–Trinajstić information content (AvgIpc) is 3.01. The fraction of sp³-hybridized carbons (Fsp3) is 0.389. The van der Waals surface area contributed by atoms with Crippen molar-refractivity contribution in [3.8, 4) is 0 Å². The number of fused-ring (bicyclic) bond motifs is 1. The molecule has 0 saturated carbocycles. The fourth-order valence-electron chi connectivity index (χ4n) is 2.17. The maximum absolute atomic E-state index is 11.5. The molecule has 0 saturated heterocycles. The van der Waals surface area contributed by atoms with E-state index in [2.05, 4.69) is 33.4 Å². The highest BCUT2D eigenvalue weighted by atomic mass is 32.2. The smallest absolute Gasteiger partial charge is 0.302 e. The summed E-state index contributed by atoms with van der Waals surface area (Å²) in [6, 6.07) is 0. The molecule has 0 fully saturated rings. The van der Waals surface area contributed by atoms with Crippen LogP contribution < -0.4 is 5.32 Å². The Hall–Kier alpha value is -2.37. The monoisotopic (exact) mass is 437 g/mol. The van der Waals surface area contributed by atoms with Crippen LogP contribution in [0, 0.1) is 0 Å². The van der Waals surface area contributed by atoms with Gasteiger partial charge in [-0.1, -0.05) is 35.7 Å². The molecule has 2 aromatic heterocycles. The summed E-state index contributed by atoms with van der Waals surface area (Å²) in [6.45, 7) is 10.7. The number of imidazole rings is 1. The fourth-order valence-corrected chi connectivity index (χ4v) is 3.59. The second kappa shape index (κ2) is 11.6. The van der Waals surface area contributed by atoms with E-state index in [9.17, 15) is 9.59 Å². The number of amides is 1. The first kappa shape index (κ1) is 22.9. The van der Waals surface area contributed by atoms with Gasteiger partial charge >= 0.3 is 5.97 Å². The maximum Gasteiger partial charge on any atom is 0.302 e. The highest BCUT2D eigenvalue weighted by molar-refractivity contribution is 7.99. The first-order chi connectivity index (χ1) is 14.0. The third-order valence-corrected chi connectivity index (χ3v) is 5.17. The van der Waals surface area contributed by atoms with Gasteiger partial charge in [-0.3, -0.25) is 19.5 Å². The van der Waals surface area contributed by atoms with Gasteiger partial charge in [-0.25, -0.2) is 9.97 Å². The number of esters is 1. The number of nitrogens with one attached hydrogen (secondary N) is 1. The lowest BCUT2D eigenvalue weighted by Gasteiger charge is -2.10. The number of hydrogen-bond acceptors (Lipinski definition) is 9. The Morgan fingerprint density at radius 1 is 1.10 bits per heavy atom. The van der Waals surface area contributed by atoms with Crippen LogP contribution in [0.4, 0.5) is 5.95 Å². The number of anilines is 1. The summed E-state index contributed by atoms with van der Waals surface area (Å²) in [6.07, 6.45) is 3.54. The summed E-state index contributed by atoms with van der Waals surface area (Å²) in [5.74, 6) is 0.844. The number of nitrogens with zero attached hydrogens (tertiary/aromatic N) is 4. The van der Waals surface area contributed by atoms with Crippen LogP contribution >= 0.6 is 23.5 Å². The summed E-state index contributed by atoms with van der Waals surface area (Å²) in [5, 5.41) is 3.94. The highest BCUT2D eigenvalue weighted by Crippen LogP contribution is 2.30. The molecule has 2 aromatic rings. The normalized spacial score (nSPS) is 10.7. The van der Waals surface area contributed by atoms with Gasteiger partial charge < -0.3 is 9.47 Å². The van der Waals surface area contributed by atoms with Crippen LogP contribution in [0.3, 0.4) is 0 Å². The molecule has 0 spiro atoms. The molecule has 1 N–H and O–H groups in total. The highest BCUT2D eigenvalue weighted by Gasteiger charge is 2.19. The summed E-state index contributed by atoms with van der Waals surface area (Å²) >= 11 is 2.93. The van der Waals surface area contributed by atoms with Crippen molar-refractivity contribution in [3.05, 3.63) is 25.3 Å². The lowest BCUT2D eigenvalue weighted by atomic mass is 10.5. The molecule has 9 nitrogen and oxygen atoms in total. The minimum absolute atomic E-state index is 0.152. The molecule has 11 heteroatoms. The maximum atomic E-state index is 11.5. The number of ether oxygens (including phenoxy) is 2. The van der Waals surface area contributed by atoms with Crippen LogP contribution in [0.2, 0.25) is 0 Å². The Labute approximate surface area is 177 Å². The standard InChI is InChI=1S/C18H23N5O4S2/c1-5-9-28-16-14-15(21-17(22-16)19-12(3)24)23(18(20-14)29-10-6-2)11-26-7-8-27-13(4)25/h5-6H,1-2,7-11H2,3-4H3,(H,19,21,22,24). The molecule has 0 aliphatic heterocycles. The molecule has 0 aromatic carbocycles. The average molecular weight is 438 g/mol. The summed E-state index contributed by atoms with van der Waals surface area (Å²) in [7, 11) is 0. The van der Waals surface area contributed by atoms with Gasteiger partial charge in [0.05, 0.1) is 6.61 Å². The van der Waals surface area contributed by atoms with Crippen LogP contribution in [-0.2, 0) is 25.8 Å². The van der Waals surface area contributed by atoms with Gasteiger partial charge in [0, 0.05) is 25.4 Å². The van der Waals surface area contributed by atoms with Crippen molar-refractivity contribution in [3.63, 3.8) is 0 Å². The number of hydrogen-bond donors (Lipinski definition) is 1. The summed E-state index contributed by atoms with van der Waals surface area (Å²) in [4.78, 5) is 35.9. The molecule has 29 heavy (non-hydrogen) atoms. The van der Waals surface area contributed by atoms with Gasteiger partial charge in [-0.05, 0) is 0 Å². The molecule has 2 rings (SSSR count). The Balaban J connectivity index is 2.39. The lowest BCUT2D eigenvalue weighted by molar-refractivity contribution is -0.142. The predicted octanol–water partition coefficient (Wildman–Crippen LogP) is 2.88. The molecule has 0 unspecified atom stereocenters. The Morgan fingerprint density at radius 2 is 1.83 bits per heavy atom. The number of carbonyl (C=O) groups is 2. The van der Waals surface area contributed by atoms with Crippen molar-refractivity contribution in [2.45, 2.75) is 30.8 Å². The first-order valence-electron chi connectivity index (χ1n) is 8.70. The van der Waals surface area contributed by atoms with Crippen LogP contribution in [0.5, 0.6) is 0 Å². The third kappa shape index (κ3) is 6.87. The predicted molar refractivity (Wildman–Crippen MR) is 114 cm³/mol. The van der Waals surface area contributed by atoms with Crippen molar-refractivity contribution in [2.24, 2.45) is 0 Å². The van der Waals surface area contributed by atoms with Gasteiger partial charge in [0.15, 0.2) is 10.8 Å². The van der Waals surface area contributed by atoms with Gasteiger partial charge in [-0.15, -0.1) is 13.2 Å². The minimum Gasteiger partial charge on any atom is -0.463 e. The van der Waals surface area contributed by atoms with Crippen molar-refractivity contribution in [1.29, 1.82) is 0 Å².